The van der Waals surface area contributed by atoms with Crippen LogP contribution in [0.15, 0.2) is 77.8 Å². The van der Waals surface area contributed by atoms with E-state index in [1.165, 1.54) is 12.1 Å². The predicted octanol–water partition coefficient (Wildman–Crippen LogP) is 4.67. The summed E-state index contributed by atoms with van der Waals surface area (Å²) >= 11 is 0. The van der Waals surface area contributed by atoms with Crippen molar-refractivity contribution in [2.75, 3.05) is 14.2 Å². The number of methoxy groups -OCH3 is 2. The molecule has 8 nitrogen and oxygen atoms in total. The van der Waals surface area contributed by atoms with E-state index in [4.69, 9.17) is 14.5 Å². The zero-order valence-corrected chi connectivity index (χ0v) is 20.8. The first-order valence-electron chi connectivity index (χ1n) is 10.1. The molecular formula is C24H27IN4O4. The molecule has 9 heteroatoms. The zero-order chi connectivity index (χ0) is 22.8. The fraction of sp³-hybridized carbons (Fsp3) is 0.208. The van der Waals surface area contributed by atoms with E-state index in [9.17, 15) is 10.1 Å². The molecule has 3 rings (SSSR count). The van der Waals surface area contributed by atoms with Crippen molar-refractivity contribution in [2.45, 2.75) is 19.6 Å². The second-order valence-corrected chi connectivity index (χ2v) is 6.97. The zero-order valence-electron chi connectivity index (χ0n) is 18.5. The molecule has 0 aliphatic carbocycles. The molecule has 0 atom stereocenters. The van der Waals surface area contributed by atoms with E-state index < -0.39 is 4.92 Å². The Labute approximate surface area is 210 Å². The van der Waals surface area contributed by atoms with Crippen molar-refractivity contribution < 1.29 is 14.4 Å². The number of hydrogen-bond donors (Lipinski definition) is 2. The van der Waals surface area contributed by atoms with Crippen LogP contribution in [-0.2, 0) is 19.6 Å². The van der Waals surface area contributed by atoms with Gasteiger partial charge in [-0.25, -0.2) is 4.99 Å². The van der Waals surface area contributed by atoms with Crippen molar-refractivity contribution in [3.63, 3.8) is 0 Å². The molecule has 0 aliphatic rings. The third-order valence-corrected chi connectivity index (χ3v) is 4.78. The summed E-state index contributed by atoms with van der Waals surface area (Å²) < 4.78 is 10.7. The van der Waals surface area contributed by atoms with Crippen LogP contribution >= 0.6 is 24.0 Å². The lowest BCUT2D eigenvalue weighted by Gasteiger charge is -2.14. The maximum atomic E-state index is 10.8. The number of guanidine groups is 1. The summed E-state index contributed by atoms with van der Waals surface area (Å²) in [4.78, 5) is 15.1. The molecule has 33 heavy (non-hydrogen) atoms. The van der Waals surface area contributed by atoms with E-state index in [-0.39, 0.29) is 29.7 Å². The minimum atomic E-state index is -0.408. The lowest BCUT2D eigenvalue weighted by molar-refractivity contribution is -0.384. The highest BCUT2D eigenvalue weighted by Crippen LogP contribution is 2.27. The summed E-state index contributed by atoms with van der Waals surface area (Å²) in [6, 6.07) is 22.2. The lowest BCUT2D eigenvalue weighted by atomic mass is 10.2. The molecule has 0 spiro atoms. The number of hydrogen-bond acceptors (Lipinski definition) is 5. The Morgan fingerprint density at radius 3 is 2.00 bits per heavy atom. The number of non-ortho nitro benzene ring substituents is 1. The summed E-state index contributed by atoms with van der Waals surface area (Å²) in [5.41, 5.74) is 3.08. The standard InChI is InChI=1S/C24H26N4O4.HI/c1-31-22-13-10-20(14-23(22)32-2)17-27-24(25-15-18-6-4-3-5-7-18)26-16-19-8-11-21(12-9-19)28(29)30;/h3-14H,15-17H2,1-2H3,(H2,25,26,27);1H. The summed E-state index contributed by atoms with van der Waals surface area (Å²) in [7, 11) is 3.20. The Balaban J connectivity index is 0.00000385. The molecule has 0 saturated heterocycles. The molecule has 3 aromatic carbocycles. The van der Waals surface area contributed by atoms with E-state index in [0.717, 1.165) is 16.7 Å². The van der Waals surface area contributed by atoms with Crippen LogP contribution in [0.25, 0.3) is 0 Å². The van der Waals surface area contributed by atoms with Crippen LogP contribution in [0, 0.1) is 10.1 Å². The quantitative estimate of drug-likeness (QED) is 0.129. The van der Waals surface area contributed by atoms with Crippen molar-refractivity contribution in [3.05, 3.63) is 99.6 Å². The average Bonchev–Trinajstić information content (AvgIpc) is 2.84. The second-order valence-electron chi connectivity index (χ2n) is 6.97. The van der Waals surface area contributed by atoms with Gasteiger partial charge in [0.1, 0.15) is 0 Å². The number of rotatable bonds is 9. The van der Waals surface area contributed by atoms with Gasteiger partial charge in [-0.1, -0.05) is 48.5 Å². The number of nitro groups is 1. The second kappa shape index (κ2) is 13.3. The molecular weight excluding hydrogens is 535 g/mol. The van der Waals surface area contributed by atoms with Crippen LogP contribution in [0.4, 0.5) is 5.69 Å². The summed E-state index contributed by atoms with van der Waals surface area (Å²) in [5, 5.41) is 17.5. The van der Waals surface area contributed by atoms with Gasteiger partial charge in [-0.2, -0.15) is 0 Å². The average molecular weight is 562 g/mol. The Hall–Kier alpha value is -3.34. The highest BCUT2D eigenvalue weighted by Gasteiger charge is 2.07. The number of nitrogens with zero attached hydrogens (tertiary/aromatic N) is 2. The van der Waals surface area contributed by atoms with Gasteiger partial charge in [-0.3, -0.25) is 10.1 Å². The third-order valence-electron chi connectivity index (χ3n) is 4.78. The molecule has 0 heterocycles. The van der Waals surface area contributed by atoms with Crippen LogP contribution in [0.5, 0.6) is 11.5 Å². The van der Waals surface area contributed by atoms with Crippen LogP contribution < -0.4 is 20.1 Å². The maximum Gasteiger partial charge on any atom is 0.269 e. The van der Waals surface area contributed by atoms with Crippen LogP contribution in [0.2, 0.25) is 0 Å². The Bertz CT molecular complexity index is 1060. The van der Waals surface area contributed by atoms with E-state index in [2.05, 4.69) is 10.6 Å². The Morgan fingerprint density at radius 1 is 0.848 bits per heavy atom. The summed E-state index contributed by atoms with van der Waals surface area (Å²) in [6.07, 6.45) is 0. The Kier molecular flexibility index (Phi) is 10.4. The first kappa shape index (κ1) is 25.9. The molecule has 0 fully saturated rings. The van der Waals surface area contributed by atoms with Gasteiger partial charge in [-0.05, 0) is 28.8 Å². The molecule has 0 aliphatic heterocycles. The highest BCUT2D eigenvalue weighted by atomic mass is 127. The minimum Gasteiger partial charge on any atom is -0.493 e. The van der Waals surface area contributed by atoms with Gasteiger partial charge in [0.25, 0.3) is 5.69 Å². The fourth-order valence-electron chi connectivity index (χ4n) is 3.03. The first-order chi connectivity index (χ1) is 15.6. The molecule has 0 unspecified atom stereocenters. The molecule has 174 valence electrons. The van der Waals surface area contributed by atoms with Crippen molar-refractivity contribution in [3.8, 4) is 11.5 Å². The number of aliphatic imine (C=N–C) groups is 1. The van der Waals surface area contributed by atoms with Crippen LogP contribution in [0.1, 0.15) is 16.7 Å². The summed E-state index contributed by atoms with van der Waals surface area (Å²) in [6.45, 7) is 1.52. The number of nitrogens with one attached hydrogen (secondary N) is 2. The SMILES string of the molecule is COc1ccc(CN=C(NCc2ccccc2)NCc2ccc([N+](=O)[O-])cc2)cc1OC.I. The largest absolute Gasteiger partial charge is 0.493 e. The van der Waals surface area contributed by atoms with Gasteiger partial charge in [0.2, 0.25) is 0 Å². The number of benzene rings is 3. The van der Waals surface area contributed by atoms with Crippen molar-refractivity contribution in [1.82, 2.24) is 10.6 Å². The number of ether oxygens (including phenoxy) is 2. The molecule has 0 aromatic heterocycles. The van der Waals surface area contributed by atoms with Crippen molar-refractivity contribution in [1.29, 1.82) is 0 Å². The Morgan fingerprint density at radius 2 is 1.42 bits per heavy atom. The van der Waals surface area contributed by atoms with Gasteiger partial charge in [0.05, 0.1) is 25.7 Å². The van der Waals surface area contributed by atoms with E-state index in [1.54, 1.807) is 26.4 Å². The first-order valence-corrected chi connectivity index (χ1v) is 10.1. The molecule has 0 amide bonds. The van der Waals surface area contributed by atoms with Crippen molar-refractivity contribution in [2.24, 2.45) is 4.99 Å². The van der Waals surface area contributed by atoms with E-state index >= 15 is 0 Å². The van der Waals surface area contributed by atoms with Crippen molar-refractivity contribution >= 4 is 35.6 Å². The van der Waals surface area contributed by atoms with Gasteiger partial charge in [0.15, 0.2) is 17.5 Å². The topological polar surface area (TPSA) is 98.0 Å². The van der Waals surface area contributed by atoms with Gasteiger partial charge >= 0.3 is 0 Å². The third kappa shape index (κ3) is 7.94. The van der Waals surface area contributed by atoms with Gasteiger partial charge in [0, 0.05) is 25.2 Å². The fourth-order valence-corrected chi connectivity index (χ4v) is 3.03. The molecule has 0 radical (unpaired) electrons. The highest BCUT2D eigenvalue weighted by molar-refractivity contribution is 14.0. The lowest BCUT2D eigenvalue weighted by Crippen LogP contribution is -2.36. The minimum absolute atomic E-state index is 0. The molecule has 3 aromatic rings. The normalized spacial score (nSPS) is 10.7. The number of nitro benzene ring substituents is 1. The van der Waals surface area contributed by atoms with E-state index in [0.29, 0.717) is 37.1 Å². The maximum absolute atomic E-state index is 10.8. The number of halogens is 1. The molecule has 0 saturated carbocycles. The van der Waals surface area contributed by atoms with Gasteiger partial charge in [-0.15, -0.1) is 24.0 Å². The monoisotopic (exact) mass is 562 g/mol. The molecule has 2 N–H and O–H groups in total. The smallest absolute Gasteiger partial charge is 0.269 e. The summed E-state index contributed by atoms with van der Waals surface area (Å²) in [5.74, 6) is 1.94. The van der Waals surface area contributed by atoms with E-state index in [1.807, 2.05) is 48.5 Å². The molecule has 0 bridgehead atoms. The van der Waals surface area contributed by atoms with Crippen LogP contribution in [0.3, 0.4) is 0 Å². The van der Waals surface area contributed by atoms with Crippen LogP contribution in [-0.4, -0.2) is 25.1 Å². The van der Waals surface area contributed by atoms with Gasteiger partial charge < -0.3 is 20.1 Å². The predicted molar refractivity (Wildman–Crippen MR) is 139 cm³/mol.